The second-order valence-electron chi connectivity index (χ2n) is 3.91. The number of benzene rings is 1. The molecule has 0 atom stereocenters. The van der Waals surface area contributed by atoms with E-state index in [4.69, 9.17) is 4.74 Å². The summed E-state index contributed by atoms with van der Waals surface area (Å²) in [6.07, 6.45) is 5.08. The predicted octanol–water partition coefficient (Wildman–Crippen LogP) is 2.34. The van der Waals surface area contributed by atoms with Crippen molar-refractivity contribution in [2.45, 2.75) is 0 Å². The Hall–Kier alpha value is -2.69. The van der Waals surface area contributed by atoms with Crippen LogP contribution < -0.4 is 4.74 Å². The molecule has 1 aromatic carbocycles. The molecule has 2 heterocycles. The molecule has 94 valence electrons. The molecule has 5 heteroatoms. The van der Waals surface area contributed by atoms with Gasteiger partial charge in [-0.2, -0.15) is 5.10 Å². The summed E-state index contributed by atoms with van der Waals surface area (Å²) in [5, 5.41) is 4.16. The summed E-state index contributed by atoms with van der Waals surface area (Å²) in [6, 6.07) is 11.5. The number of para-hydroxylation sites is 1. The van der Waals surface area contributed by atoms with Gasteiger partial charge in [0.05, 0.1) is 12.8 Å². The lowest BCUT2D eigenvalue weighted by atomic mass is 10.1. The van der Waals surface area contributed by atoms with Crippen molar-refractivity contribution in [3.63, 3.8) is 0 Å². The van der Waals surface area contributed by atoms with Gasteiger partial charge in [-0.25, -0.2) is 14.6 Å². The summed E-state index contributed by atoms with van der Waals surface area (Å²) in [7, 11) is 1.65. The van der Waals surface area contributed by atoms with Gasteiger partial charge < -0.3 is 4.74 Å². The Morgan fingerprint density at radius 3 is 2.79 bits per heavy atom. The van der Waals surface area contributed by atoms with Crippen molar-refractivity contribution in [2.24, 2.45) is 0 Å². The van der Waals surface area contributed by atoms with Gasteiger partial charge in [-0.15, -0.1) is 0 Å². The molecule has 3 aromatic rings. The topological polar surface area (TPSA) is 52.8 Å². The molecule has 0 spiro atoms. The van der Waals surface area contributed by atoms with Gasteiger partial charge in [0.1, 0.15) is 12.1 Å². The summed E-state index contributed by atoms with van der Waals surface area (Å²) in [5.74, 6) is 1.51. The number of ether oxygens (including phenoxy) is 1. The normalized spacial score (nSPS) is 10.4. The van der Waals surface area contributed by atoms with Crippen LogP contribution in [0.5, 0.6) is 5.75 Å². The van der Waals surface area contributed by atoms with Gasteiger partial charge >= 0.3 is 0 Å². The van der Waals surface area contributed by atoms with Crippen molar-refractivity contribution in [2.75, 3.05) is 7.11 Å². The van der Waals surface area contributed by atoms with Crippen LogP contribution in [-0.4, -0.2) is 26.9 Å². The molecule has 0 fully saturated rings. The molecule has 0 saturated carbocycles. The molecule has 0 amide bonds. The zero-order valence-electron chi connectivity index (χ0n) is 10.4. The van der Waals surface area contributed by atoms with Crippen LogP contribution in [0.2, 0.25) is 0 Å². The van der Waals surface area contributed by atoms with Crippen molar-refractivity contribution in [3.05, 3.63) is 55.1 Å². The van der Waals surface area contributed by atoms with E-state index in [1.807, 2.05) is 42.6 Å². The van der Waals surface area contributed by atoms with Crippen molar-refractivity contribution in [3.8, 4) is 22.8 Å². The van der Waals surface area contributed by atoms with E-state index in [-0.39, 0.29) is 0 Å². The maximum atomic E-state index is 5.35. The standard InChI is InChI=1S/C14H12N4O/c1-19-13-6-3-2-5-11(13)12-9-14(16-10-15-12)18-8-4-7-17-18/h2-10H,1H3. The summed E-state index contributed by atoms with van der Waals surface area (Å²) in [4.78, 5) is 8.51. The van der Waals surface area contributed by atoms with E-state index in [2.05, 4.69) is 15.1 Å². The highest BCUT2D eigenvalue weighted by atomic mass is 16.5. The minimum Gasteiger partial charge on any atom is -0.496 e. The fraction of sp³-hybridized carbons (Fsp3) is 0.0714. The van der Waals surface area contributed by atoms with E-state index in [0.29, 0.717) is 0 Å². The van der Waals surface area contributed by atoms with Crippen LogP contribution in [0.4, 0.5) is 0 Å². The zero-order valence-corrected chi connectivity index (χ0v) is 10.4. The second-order valence-corrected chi connectivity index (χ2v) is 3.91. The average Bonchev–Trinajstić information content (AvgIpc) is 3.01. The van der Waals surface area contributed by atoms with Gasteiger partial charge in [-0.1, -0.05) is 12.1 Å². The Bertz CT molecular complexity index is 679. The highest BCUT2D eigenvalue weighted by molar-refractivity contribution is 5.67. The summed E-state index contributed by atoms with van der Waals surface area (Å²) >= 11 is 0. The Kier molecular flexibility index (Phi) is 2.94. The molecule has 0 aliphatic rings. The monoisotopic (exact) mass is 252 g/mol. The molecule has 0 radical (unpaired) electrons. The molecule has 2 aromatic heterocycles. The van der Waals surface area contributed by atoms with Gasteiger partial charge in [0.15, 0.2) is 5.82 Å². The molecule has 3 rings (SSSR count). The molecular weight excluding hydrogens is 240 g/mol. The van der Waals surface area contributed by atoms with Crippen LogP contribution in [0.1, 0.15) is 0 Å². The molecule has 0 bridgehead atoms. The highest BCUT2D eigenvalue weighted by Gasteiger charge is 2.08. The Labute approximate surface area is 110 Å². The number of aromatic nitrogens is 4. The number of hydrogen-bond donors (Lipinski definition) is 0. The Morgan fingerprint density at radius 1 is 1.11 bits per heavy atom. The third kappa shape index (κ3) is 2.18. The van der Waals surface area contributed by atoms with Gasteiger partial charge in [0, 0.05) is 24.0 Å². The third-order valence-corrected chi connectivity index (χ3v) is 2.77. The summed E-state index contributed by atoms with van der Waals surface area (Å²) in [5.41, 5.74) is 1.73. The number of methoxy groups -OCH3 is 1. The molecule has 0 N–H and O–H groups in total. The first-order valence-electron chi connectivity index (χ1n) is 5.84. The van der Waals surface area contributed by atoms with Crippen LogP contribution in [0.25, 0.3) is 17.1 Å². The molecule has 0 aliphatic heterocycles. The fourth-order valence-electron chi connectivity index (χ4n) is 1.88. The van der Waals surface area contributed by atoms with E-state index < -0.39 is 0 Å². The lowest BCUT2D eigenvalue weighted by Gasteiger charge is -2.08. The first-order valence-corrected chi connectivity index (χ1v) is 5.84. The van der Waals surface area contributed by atoms with Gasteiger partial charge in [0.2, 0.25) is 0 Å². The minimum atomic E-state index is 0.723. The Morgan fingerprint density at radius 2 is 2.00 bits per heavy atom. The zero-order chi connectivity index (χ0) is 13.1. The first-order chi connectivity index (χ1) is 9.38. The second kappa shape index (κ2) is 4.89. The fourth-order valence-corrected chi connectivity index (χ4v) is 1.88. The van der Waals surface area contributed by atoms with Crippen LogP contribution in [0.3, 0.4) is 0 Å². The molecule has 0 aliphatic carbocycles. The number of hydrogen-bond acceptors (Lipinski definition) is 4. The molecule has 19 heavy (non-hydrogen) atoms. The lowest BCUT2D eigenvalue weighted by Crippen LogP contribution is -1.99. The first kappa shape index (κ1) is 11.4. The van der Waals surface area contributed by atoms with Crippen LogP contribution in [-0.2, 0) is 0 Å². The summed E-state index contributed by atoms with van der Waals surface area (Å²) < 4.78 is 7.04. The third-order valence-electron chi connectivity index (χ3n) is 2.77. The lowest BCUT2D eigenvalue weighted by molar-refractivity contribution is 0.416. The molecular formula is C14H12N4O. The highest BCUT2D eigenvalue weighted by Crippen LogP contribution is 2.28. The quantitative estimate of drug-likeness (QED) is 0.718. The van der Waals surface area contributed by atoms with Gasteiger partial charge in [0.25, 0.3) is 0 Å². The van der Waals surface area contributed by atoms with E-state index in [9.17, 15) is 0 Å². The minimum absolute atomic E-state index is 0.723. The van der Waals surface area contributed by atoms with E-state index in [1.165, 1.54) is 6.33 Å². The van der Waals surface area contributed by atoms with Crippen LogP contribution in [0.15, 0.2) is 55.1 Å². The SMILES string of the molecule is COc1ccccc1-c1cc(-n2cccn2)ncn1. The molecule has 5 nitrogen and oxygen atoms in total. The van der Waals surface area contributed by atoms with Crippen LogP contribution >= 0.6 is 0 Å². The van der Waals surface area contributed by atoms with Gasteiger partial charge in [-0.3, -0.25) is 0 Å². The predicted molar refractivity (Wildman–Crippen MR) is 71.1 cm³/mol. The van der Waals surface area contributed by atoms with Gasteiger partial charge in [-0.05, 0) is 18.2 Å². The smallest absolute Gasteiger partial charge is 0.157 e. The van der Waals surface area contributed by atoms with E-state index in [1.54, 1.807) is 18.0 Å². The number of nitrogens with zero attached hydrogens (tertiary/aromatic N) is 4. The van der Waals surface area contributed by atoms with E-state index >= 15 is 0 Å². The van der Waals surface area contributed by atoms with Crippen LogP contribution in [0, 0.1) is 0 Å². The van der Waals surface area contributed by atoms with Crippen molar-refractivity contribution >= 4 is 0 Å². The Balaban J connectivity index is 2.09. The summed E-state index contributed by atoms with van der Waals surface area (Å²) in [6.45, 7) is 0. The largest absolute Gasteiger partial charge is 0.496 e. The van der Waals surface area contributed by atoms with Crippen molar-refractivity contribution in [1.82, 2.24) is 19.7 Å². The maximum Gasteiger partial charge on any atom is 0.157 e. The average molecular weight is 252 g/mol. The van der Waals surface area contributed by atoms with E-state index in [0.717, 1.165) is 22.8 Å². The number of rotatable bonds is 3. The molecule has 0 unspecified atom stereocenters. The van der Waals surface area contributed by atoms with Crippen molar-refractivity contribution < 1.29 is 4.74 Å². The van der Waals surface area contributed by atoms with Crippen molar-refractivity contribution in [1.29, 1.82) is 0 Å². The molecule has 0 saturated heterocycles. The maximum absolute atomic E-state index is 5.35.